The Balaban J connectivity index is 0.00000338. The average Bonchev–Trinajstić information content (AvgIpc) is 3.18. The Bertz CT molecular complexity index is 697. The van der Waals surface area contributed by atoms with Crippen LogP contribution in [0.5, 0.6) is 0 Å². The van der Waals surface area contributed by atoms with E-state index >= 15 is 0 Å². The van der Waals surface area contributed by atoms with E-state index in [9.17, 15) is 13.2 Å². The second kappa shape index (κ2) is 10.1. The number of hydrogen-bond donors (Lipinski definition) is 2. The maximum atomic E-state index is 13.0. The van der Waals surface area contributed by atoms with E-state index in [1.54, 1.807) is 11.3 Å². The van der Waals surface area contributed by atoms with Crippen molar-refractivity contribution < 1.29 is 13.2 Å². The molecule has 0 fully saturated rings. The Morgan fingerprint density at radius 3 is 2.69 bits per heavy atom. The van der Waals surface area contributed by atoms with Gasteiger partial charge in [0.05, 0.1) is 6.54 Å². The van der Waals surface area contributed by atoms with Crippen LogP contribution in [0.1, 0.15) is 35.9 Å². The molecule has 0 aromatic carbocycles. The summed E-state index contributed by atoms with van der Waals surface area (Å²) in [5.41, 5.74) is -0.833. The molecule has 2 aromatic rings. The topological polar surface area (TPSA) is 54.2 Å². The number of alkyl halides is 3. The molecule has 2 aromatic heterocycles. The number of halogens is 4. The summed E-state index contributed by atoms with van der Waals surface area (Å²) in [5.74, 6) is 0.774. The van der Waals surface area contributed by atoms with Gasteiger partial charge in [0.2, 0.25) is 0 Å². The molecule has 0 bridgehead atoms. The van der Waals surface area contributed by atoms with Gasteiger partial charge < -0.3 is 10.6 Å². The van der Waals surface area contributed by atoms with Gasteiger partial charge in [0.15, 0.2) is 11.7 Å². The predicted molar refractivity (Wildman–Crippen MR) is 109 cm³/mol. The summed E-state index contributed by atoms with van der Waals surface area (Å²) in [7, 11) is 1.47. The normalized spacial score (nSPS) is 13.2. The Morgan fingerprint density at radius 2 is 2.12 bits per heavy atom. The number of rotatable bonds is 6. The lowest BCUT2D eigenvalue weighted by Crippen LogP contribution is -2.39. The van der Waals surface area contributed by atoms with Crippen LogP contribution in [0.3, 0.4) is 0 Å². The summed E-state index contributed by atoms with van der Waals surface area (Å²) in [5, 5.41) is 11.8. The van der Waals surface area contributed by atoms with Crippen LogP contribution in [0.25, 0.3) is 0 Å². The van der Waals surface area contributed by atoms with E-state index in [1.165, 1.54) is 18.1 Å². The highest BCUT2D eigenvalue weighted by atomic mass is 127. The van der Waals surface area contributed by atoms with Crippen LogP contribution in [-0.2, 0) is 19.8 Å². The molecule has 0 radical (unpaired) electrons. The van der Waals surface area contributed by atoms with Crippen LogP contribution >= 0.6 is 35.3 Å². The summed E-state index contributed by atoms with van der Waals surface area (Å²) >= 11 is 1.68. The first kappa shape index (κ1) is 22.7. The van der Waals surface area contributed by atoms with Gasteiger partial charge in [-0.15, -0.1) is 35.3 Å². The van der Waals surface area contributed by atoms with Crippen molar-refractivity contribution in [2.45, 2.75) is 32.5 Å². The van der Waals surface area contributed by atoms with E-state index in [0.717, 1.165) is 4.68 Å². The molecule has 5 nitrogen and oxygen atoms in total. The van der Waals surface area contributed by atoms with Gasteiger partial charge in [-0.05, 0) is 18.4 Å². The molecule has 2 N–H and O–H groups in total. The largest absolute Gasteiger partial charge is 0.435 e. The number of thiophene rings is 1. The smallest absolute Gasteiger partial charge is 0.357 e. The lowest BCUT2D eigenvalue weighted by atomic mass is 10.1. The van der Waals surface area contributed by atoms with E-state index < -0.39 is 11.9 Å². The first-order chi connectivity index (χ1) is 11.8. The molecular formula is C16H23F3IN5S. The summed E-state index contributed by atoms with van der Waals surface area (Å²) in [6, 6.07) is 4.06. The number of aromatic nitrogens is 2. The third-order valence-corrected chi connectivity index (χ3v) is 4.63. The van der Waals surface area contributed by atoms with Gasteiger partial charge in [0.1, 0.15) is 0 Å². The van der Waals surface area contributed by atoms with Crippen molar-refractivity contribution >= 4 is 41.3 Å². The predicted octanol–water partition coefficient (Wildman–Crippen LogP) is 3.98. The fourth-order valence-electron chi connectivity index (χ4n) is 2.32. The zero-order chi connectivity index (χ0) is 18.4. The van der Waals surface area contributed by atoms with Gasteiger partial charge in [-0.2, -0.15) is 18.3 Å². The van der Waals surface area contributed by atoms with Gasteiger partial charge in [-0.25, -0.2) is 4.99 Å². The lowest BCUT2D eigenvalue weighted by molar-refractivity contribution is -0.142. The summed E-state index contributed by atoms with van der Waals surface area (Å²) in [6.45, 7) is 5.17. The molecule has 0 saturated carbocycles. The highest BCUT2D eigenvalue weighted by Gasteiger charge is 2.36. The summed E-state index contributed by atoms with van der Waals surface area (Å²) < 4.78 is 40.1. The van der Waals surface area contributed by atoms with Crippen molar-refractivity contribution in [3.05, 3.63) is 39.8 Å². The van der Waals surface area contributed by atoms with E-state index in [1.807, 2.05) is 18.4 Å². The molecule has 0 saturated heterocycles. The van der Waals surface area contributed by atoms with Crippen LogP contribution in [-0.4, -0.2) is 28.8 Å². The Hall–Kier alpha value is -1.30. The van der Waals surface area contributed by atoms with E-state index in [0.29, 0.717) is 19.0 Å². The number of nitrogens with zero attached hydrogens (tertiary/aromatic N) is 3. The van der Waals surface area contributed by atoms with E-state index in [4.69, 9.17) is 0 Å². The first-order valence-corrected chi connectivity index (χ1v) is 8.84. The van der Waals surface area contributed by atoms with Crippen molar-refractivity contribution in [1.82, 2.24) is 20.4 Å². The molecule has 26 heavy (non-hydrogen) atoms. The summed E-state index contributed by atoms with van der Waals surface area (Å²) in [6.07, 6.45) is -3.13. The Kier molecular flexibility index (Phi) is 8.87. The standard InChI is InChI=1S/C16H22F3N5S.HI/c1-4-20-15(21-8-11(2)13-6-5-7-25-13)22-9-12-10-24(3)23-14(12)16(17,18)19;/h5-7,10-11H,4,8-9H2,1-3H3,(H2,20,21,22);1H. The van der Waals surface area contributed by atoms with Crippen molar-refractivity contribution in [2.24, 2.45) is 12.0 Å². The molecule has 146 valence electrons. The molecule has 1 atom stereocenters. The zero-order valence-electron chi connectivity index (χ0n) is 14.8. The number of guanidine groups is 1. The van der Waals surface area contributed by atoms with Crippen LogP contribution in [0.15, 0.2) is 28.7 Å². The van der Waals surface area contributed by atoms with Gasteiger partial charge >= 0.3 is 6.18 Å². The number of nitrogens with one attached hydrogen (secondary N) is 2. The van der Waals surface area contributed by atoms with Gasteiger partial charge in [0.25, 0.3) is 0 Å². The third kappa shape index (κ3) is 6.45. The molecule has 0 spiro atoms. The lowest BCUT2D eigenvalue weighted by Gasteiger charge is -2.15. The number of aryl methyl sites for hydroxylation is 1. The average molecular weight is 501 g/mol. The minimum Gasteiger partial charge on any atom is -0.357 e. The SMILES string of the molecule is CCNC(=NCc1cn(C)nc1C(F)(F)F)NCC(C)c1cccs1.I. The summed E-state index contributed by atoms with van der Waals surface area (Å²) in [4.78, 5) is 5.51. The second-order valence-electron chi connectivity index (χ2n) is 5.67. The Labute approximate surface area is 172 Å². The third-order valence-electron chi connectivity index (χ3n) is 3.53. The van der Waals surface area contributed by atoms with Crippen molar-refractivity contribution in [3.63, 3.8) is 0 Å². The molecule has 0 aliphatic carbocycles. The molecule has 0 amide bonds. The maximum Gasteiger partial charge on any atom is 0.435 e. The van der Waals surface area contributed by atoms with Crippen molar-refractivity contribution in [3.8, 4) is 0 Å². The van der Waals surface area contributed by atoms with E-state index in [2.05, 4.69) is 33.7 Å². The molecular weight excluding hydrogens is 478 g/mol. The molecule has 10 heteroatoms. The first-order valence-electron chi connectivity index (χ1n) is 7.96. The highest BCUT2D eigenvalue weighted by Crippen LogP contribution is 2.30. The molecule has 0 aliphatic heterocycles. The molecule has 1 unspecified atom stereocenters. The van der Waals surface area contributed by atoms with Crippen molar-refractivity contribution in [1.29, 1.82) is 0 Å². The van der Waals surface area contributed by atoms with Gasteiger partial charge in [-0.1, -0.05) is 13.0 Å². The van der Waals surface area contributed by atoms with Crippen LogP contribution in [0.4, 0.5) is 13.2 Å². The maximum absolute atomic E-state index is 13.0. The minimum absolute atomic E-state index is 0. The minimum atomic E-state index is -4.48. The van der Waals surface area contributed by atoms with Crippen LogP contribution < -0.4 is 10.6 Å². The van der Waals surface area contributed by atoms with Gasteiger partial charge in [0, 0.05) is 42.7 Å². The number of hydrogen-bond acceptors (Lipinski definition) is 3. The second-order valence-corrected chi connectivity index (χ2v) is 6.65. The van der Waals surface area contributed by atoms with Crippen LogP contribution in [0, 0.1) is 0 Å². The van der Waals surface area contributed by atoms with E-state index in [-0.39, 0.29) is 42.0 Å². The number of aliphatic imine (C=N–C) groups is 1. The highest BCUT2D eigenvalue weighted by molar-refractivity contribution is 14.0. The van der Waals surface area contributed by atoms with Crippen LogP contribution in [0.2, 0.25) is 0 Å². The molecule has 2 rings (SSSR count). The fraction of sp³-hybridized carbons (Fsp3) is 0.500. The van der Waals surface area contributed by atoms with Gasteiger partial charge in [-0.3, -0.25) is 4.68 Å². The fourth-order valence-corrected chi connectivity index (χ4v) is 3.11. The zero-order valence-corrected chi connectivity index (χ0v) is 17.9. The monoisotopic (exact) mass is 501 g/mol. The quantitative estimate of drug-likeness (QED) is 0.358. The van der Waals surface area contributed by atoms with Crippen molar-refractivity contribution in [2.75, 3.05) is 13.1 Å². The Morgan fingerprint density at radius 1 is 1.38 bits per heavy atom. The molecule has 2 heterocycles. The molecule has 0 aliphatic rings.